The third-order valence-electron chi connectivity index (χ3n) is 7.53. The van der Waals surface area contributed by atoms with Crippen LogP contribution in [0.4, 0.5) is 4.39 Å². The highest BCUT2D eigenvalue weighted by molar-refractivity contribution is 5.83. The summed E-state index contributed by atoms with van der Waals surface area (Å²) in [5.41, 5.74) is 4.81. The highest BCUT2D eigenvalue weighted by Gasteiger charge is 2.39. The molecule has 0 radical (unpaired) electrons. The van der Waals surface area contributed by atoms with E-state index in [0.717, 1.165) is 22.3 Å². The van der Waals surface area contributed by atoms with Gasteiger partial charge < -0.3 is 14.4 Å². The summed E-state index contributed by atoms with van der Waals surface area (Å²) in [6, 6.07) is 20.1. The number of fused-ring (bicyclic) bond motifs is 2. The third-order valence-corrected chi connectivity index (χ3v) is 7.53. The second kappa shape index (κ2) is 10.6. The molecular weight excluding hydrogens is 469 g/mol. The van der Waals surface area contributed by atoms with Crippen molar-refractivity contribution in [1.82, 2.24) is 9.80 Å². The van der Waals surface area contributed by atoms with E-state index in [-0.39, 0.29) is 18.1 Å². The quantitative estimate of drug-likeness (QED) is 0.487. The second-order valence-corrected chi connectivity index (χ2v) is 9.55. The van der Waals surface area contributed by atoms with Crippen LogP contribution in [0.2, 0.25) is 0 Å². The van der Waals surface area contributed by atoms with Gasteiger partial charge in [-0.15, -0.1) is 0 Å². The van der Waals surface area contributed by atoms with Crippen molar-refractivity contribution >= 4 is 5.91 Å². The average Bonchev–Trinajstić information content (AvgIpc) is 2.93. The van der Waals surface area contributed by atoms with E-state index in [1.165, 1.54) is 6.07 Å². The Morgan fingerprint density at radius 3 is 2.46 bits per heavy atom. The maximum absolute atomic E-state index is 14.6. The van der Waals surface area contributed by atoms with E-state index in [1.807, 2.05) is 35.2 Å². The van der Waals surface area contributed by atoms with Gasteiger partial charge >= 0.3 is 0 Å². The first-order chi connectivity index (χ1) is 18.0. The molecule has 0 spiro atoms. The molecule has 0 aromatic heterocycles. The van der Waals surface area contributed by atoms with Crippen LogP contribution in [-0.4, -0.2) is 42.5 Å². The molecule has 3 aromatic carbocycles. The fourth-order valence-electron chi connectivity index (χ4n) is 5.62. The van der Waals surface area contributed by atoms with Gasteiger partial charge in [0.15, 0.2) is 11.5 Å². The molecule has 2 aliphatic heterocycles. The van der Waals surface area contributed by atoms with Crippen molar-refractivity contribution in [1.29, 1.82) is 5.26 Å². The molecule has 1 amide bonds. The number of benzene rings is 3. The van der Waals surface area contributed by atoms with E-state index in [1.54, 1.807) is 26.4 Å². The minimum absolute atomic E-state index is 0.0356. The van der Waals surface area contributed by atoms with Gasteiger partial charge in [-0.2, -0.15) is 5.26 Å². The van der Waals surface area contributed by atoms with E-state index in [0.29, 0.717) is 49.5 Å². The molecule has 5 rings (SSSR count). The Labute approximate surface area is 216 Å². The number of amides is 1. The van der Waals surface area contributed by atoms with Gasteiger partial charge in [-0.3, -0.25) is 9.69 Å². The maximum Gasteiger partial charge on any atom is 0.240 e. The second-order valence-electron chi connectivity index (χ2n) is 9.55. The lowest BCUT2D eigenvalue weighted by Gasteiger charge is -2.43. The van der Waals surface area contributed by atoms with Crippen molar-refractivity contribution in [3.63, 3.8) is 0 Å². The van der Waals surface area contributed by atoms with Crippen LogP contribution < -0.4 is 9.47 Å². The topological polar surface area (TPSA) is 65.8 Å². The van der Waals surface area contributed by atoms with Crippen LogP contribution in [0.15, 0.2) is 60.7 Å². The standard InChI is InChI=1S/C30H30FN3O3/c1-36-28-16-21-12-14-34(26(11-13-32)24(21)17-29(28)37-2)30(35)27-15-20-7-3-4-8-22(20)18-33(27)19-23-9-5-6-10-25(23)31/h3-10,16-17,26-27H,11-12,14-15,18-19H2,1-2H3. The zero-order valence-electron chi connectivity index (χ0n) is 21.1. The first-order valence-corrected chi connectivity index (χ1v) is 12.5. The lowest BCUT2D eigenvalue weighted by Crippen LogP contribution is -2.53. The maximum atomic E-state index is 14.6. The molecule has 2 atom stereocenters. The largest absolute Gasteiger partial charge is 0.493 e. The van der Waals surface area contributed by atoms with Crippen molar-refractivity contribution in [2.75, 3.05) is 20.8 Å². The molecule has 0 fully saturated rings. The molecule has 190 valence electrons. The zero-order valence-corrected chi connectivity index (χ0v) is 21.1. The van der Waals surface area contributed by atoms with Gasteiger partial charge in [-0.25, -0.2) is 4.39 Å². The molecular formula is C30H30FN3O3. The lowest BCUT2D eigenvalue weighted by molar-refractivity contribution is -0.141. The number of rotatable bonds is 6. The normalized spacial score (nSPS) is 18.9. The van der Waals surface area contributed by atoms with Crippen LogP contribution in [-0.2, 0) is 30.7 Å². The fraction of sp³-hybridized carbons (Fsp3) is 0.333. The SMILES string of the molecule is COc1cc2c(cc1OC)C(CC#N)N(C(=O)C1Cc3ccccc3CN1Cc1ccccc1F)CC2. The average molecular weight is 500 g/mol. The molecule has 2 heterocycles. The molecule has 2 unspecified atom stereocenters. The highest BCUT2D eigenvalue weighted by atomic mass is 19.1. The summed E-state index contributed by atoms with van der Waals surface area (Å²) >= 11 is 0. The van der Waals surface area contributed by atoms with Crippen molar-refractivity contribution in [3.8, 4) is 17.6 Å². The molecule has 7 heteroatoms. The summed E-state index contributed by atoms with van der Waals surface area (Å²) in [5.74, 6) is 0.900. The summed E-state index contributed by atoms with van der Waals surface area (Å²) in [7, 11) is 3.18. The monoisotopic (exact) mass is 499 g/mol. The molecule has 0 saturated heterocycles. The van der Waals surface area contributed by atoms with E-state index in [2.05, 4.69) is 23.1 Å². The first-order valence-electron chi connectivity index (χ1n) is 12.5. The van der Waals surface area contributed by atoms with Crippen LogP contribution in [0.25, 0.3) is 0 Å². The molecule has 37 heavy (non-hydrogen) atoms. The van der Waals surface area contributed by atoms with Crippen LogP contribution in [0.5, 0.6) is 11.5 Å². The molecule has 0 saturated carbocycles. The molecule has 2 aliphatic rings. The Kier molecular flexibility index (Phi) is 7.11. The number of hydrogen-bond acceptors (Lipinski definition) is 5. The summed E-state index contributed by atoms with van der Waals surface area (Å²) in [6.07, 6.45) is 1.36. The Hall–Kier alpha value is -3.89. The Balaban J connectivity index is 1.50. The van der Waals surface area contributed by atoms with E-state index in [9.17, 15) is 14.4 Å². The zero-order chi connectivity index (χ0) is 25.9. The lowest BCUT2D eigenvalue weighted by atomic mass is 9.88. The van der Waals surface area contributed by atoms with Crippen LogP contribution in [0.3, 0.4) is 0 Å². The van der Waals surface area contributed by atoms with Gasteiger partial charge in [0.1, 0.15) is 5.82 Å². The molecule has 0 aliphatic carbocycles. The van der Waals surface area contributed by atoms with Gasteiger partial charge in [0, 0.05) is 25.2 Å². The van der Waals surface area contributed by atoms with Gasteiger partial charge in [-0.05, 0) is 53.3 Å². The van der Waals surface area contributed by atoms with Gasteiger partial charge in [0.2, 0.25) is 5.91 Å². The predicted octanol–water partition coefficient (Wildman–Crippen LogP) is 4.81. The molecule has 0 N–H and O–H groups in total. The Morgan fingerprint density at radius 2 is 1.73 bits per heavy atom. The highest BCUT2D eigenvalue weighted by Crippen LogP contribution is 2.40. The molecule has 6 nitrogen and oxygen atoms in total. The van der Waals surface area contributed by atoms with Gasteiger partial charge in [0.25, 0.3) is 0 Å². The summed E-state index contributed by atoms with van der Waals surface area (Å²) < 4.78 is 25.6. The molecule has 0 bridgehead atoms. The van der Waals surface area contributed by atoms with E-state index >= 15 is 0 Å². The van der Waals surface area contributed by atoms with Crippen LogP contribution in [0.1, 0.15) is 40.3 Å². The van der Waals surface area contributed by atoms with Gasteiger partial charge in [0.05, 0.1) is 38.8 Å². The third kappa shape index (κ3) is 4.77. The van der Waals surface area contributed by atoms with Crippen molar-refractivity contribution < 1.29 is 18.7 Å². The smallest absolute Gasteiger partial charge is 0.240 e. The van der Waals surface area contributed by atoms with Crippen LogP contribution >= 0.6 is 0 Å². The van der Waals surface area contributed by atoms with Crippen molar-refractivity contribution in [2.45, 2.75) is 44.4 Å². The van der Waals surface area contributed by atoms with E-state index in [4.69, 9.17) is 9.47 Å². The summed E-state index contributed by atoms with van der Waals surface area (Å²) in [6.45, 7) is 1.38. The van der Waals surface area contributed by atoms with Gasteiger partial charge in [-0.1, -0.05) is 42.5 Å². The Bertz CT molecular complexity index is 1350. The number of hydrogen-bond donors (Lipinski definition) is 0. The Morgan fingerprint density at radius 1 is 1.03 bits per heavy atom. The van der Waals surface area contributed by atoms with Crippen molar-refractivity contribution in [3.05, 3.63) is 94.3 Å². The van der Waals surface area contributed by atoms with Crippen molar-refractivity contribution in [2.24, 2.45) is 0 Å². The number of ether oxygens (including phenoxy) is 2. The van der Waals surface area contributed by atoms with Crippen LogP contribution in [0, 0.1) is 17.1 Å². The summed E-state index contributed by atoms with van der Waals surface area (Å²) in [4.78, 5) is 18.2. The number of halogens is 1. The number of nitriles is 1. The number of methoxy groups -OCH3 is 2. The van der Waals surface area contributed by atoms with E-state index < -0.39 is 12.1 Å². The first kappa shape index (κ1) is 24.8. The number of nitrogens with zero attached hydrogens (tertiary/aromatic N) is 3. The minimum Gasteiger partial charge on any atom is -0.493 e. The summed E-state index contributed by atoms with van der Waals surface area (Å²) in [5, 5.41) is 9.69. The predicted molar refractivity (Wildman–Crippen MR) is 138 cm³/mol. The number of carbonyl (C=O) groups is 1. The minimum atomic E-state index is -0.461. The number of carbonyl (C=O) groups excluding carboxylic acids is 1. The molecule has 3 aromatic rings. The fourth-order valence-corrected chi connectivity index (χ4v) is 5.62.